The maximum atomic E-state index is 14.8. The lowest BCUT2D eigenvalue weighted by Gasteiger charge is -2.61. The van der Waals surface area contributed by atoms with Gasteiger partial charge in [-0.2, -0.15) is 13.2 Å². The highest BCUT2D eigenvalue weighted by Crippen LogP contribution is 2.55. The van der Waals surface area contributed by atoms with E-state index < -0.39 is 46.2 Å². The van der Waals surface area contributed by atoms with Crippen LogP contribution in [0.4, 0.5) is 32.4 Å². The lowest BCUT2D eigenvalue weighted by molar-refractivity contribution is -0.137. The van der Waals surface area contributed by atoms with E-state index in [0.29, 0.717) is 25.2 Å². The summed E-state index contributed by atoms with van der Waals surface area (Å²) >= 11 is 0. The van der Waals surface area contributed by atoms with Crippen LogP contribution in [0.5, 0.6) is 0 Å². The van der Waals surface area contributed by atoms with Crippen molar-refractivity contribution in [2.24, 2.45) is 5.92 Å². The average Bonchev–Trinajstić information content (AvgIpc) is 3.20. The van der Waals surface area contributed by atoms with Crippen molar-refractivity contribution in [3.8, 4) is 11.1 Å². The minimum absolute atomic E-state index is 0.171. The first-order valence-corrected chi connectivity index (χ1v) is 10.9. The Labute approximate surface area is 196 Å². The number of anilines is 1. The Bertz CT molecular complexity index is 1310. The first-order chi connectivity index (χ1) is 16.5. The maximum Gasteiger partial charge on any atom is 0.417 e. The van der Waals surface area contributed by atoms with Crippen LogP contribution < -0.4 is 5.32 Å². The predicted octanol–water partition coefficient (Wildman–Crippen LogP) is 5.67. The SMILES string of the molecule is Cc1nnc([C@]23C[C@H](C)C[C@H](C2)N3C(=O)Nc2cc(-c3cncc(F)c3)c(C(F)(F)F)cc2F)o1. The van der Waals surface area contributed by atoms with Gasteiger partial charge in [0.1, 0.15) is 17.2 Å². The number of carbonyl (C=O) groups excluding carboxylic acids is 1. The van der Waals surface area contributed by atoms with Gasteiger partial charge in [-0.3, -0.25) is 4.98 Å². The van der Waals surface area contributed by atoms with Crippen LogP contribution in [-0.4, -0.2) is 32.2 Å². The summed E-state index contributed by atoms with van der Waals surface area (Å²) in [6.45, 7) is 3.66. The lowest BCUT2D eigenvalue weighted by atomic mass is 9.64. The number of halogens is 5. The third kappa shape index (κ3) is 3.90. The molecule has 2 fully saturated rings. The molecule has 3 atom stereocenters. The molecule has 1 aliphatic heterocycles. The zero-order chi connectivity index (χ0) is 25.1. The molecule has 5 rings (SSSR count). The van der Waals surface area contributed by atoms with Crippen LogP contribution in [0.3, 0.4) is 0 Å². The first-order valence-electron chi connectivity index (χ1n) is 10.9. The number of pyridine rings is 1. The summed E-state index contributed by atoms with van der Waals surface area (Å²) in [6.07, 6.45) is -1.21. The van der Waals surface area contributed by atoms with Gasteiger partial charge >= 0.3 is 12.2 Å². The fourth-order valence-electron chi connectivity index (χ4n) is 5.31. The van der Waals surface area contributed by atoms with Crippen molar-refractivity contribution >= 4 is 11.7 Å². The van der Waals surface area contributed by atoms with E-state index in [2.05, 4.69) is 20.5 Å². The van der Waals surface area contributed by atoms with E-state index in [9.17, 15) is 26.7 Å². The number of nitrogens with zero attached hydrogens (tertiary/aromatic N) is 4. The van der Waals surface area contributed by atoms with E-state index in [1.807, 2.05) is 6.92 Å². The van der Waals surface area contributed by atoms with Crippen molar-refractivity contribution in [3.63, 3.8) is 0 Å². The second-order valence-corrected chi connectivity index (χ2v) is 9.13. The molecule has 1 aliphatic carbocycles. The Morgan fingerprint density at radius 2 is 1.94 bits per heavy atom. The van der Waals surface area contributed by atoms with E-state index in [1.165, 1.54) is 4.90 Å². The number of carbonyl (C=O) groups is 1. The van der Waals surface area contributed by atoms with Gasteiger partial charge in [0.25, 0.3) is 0 Å². The van der Waals surface area contributed by atoms with Crippen LogP contribution in [0, 0.1) is 24.5 Å². The lowest BCUT2D eigenvalue weighted by Crippen LogP contribution is -2.70. The van der Waals surface area contributed by atoms with E-state index in [1.54, 1.807) is 6.92 Å². The summed E-state index contributed by atoms with van der Waals surface area (Å²) in [5.74, 6) is -1.27. The van der Waals surface area contributed by atoms with Gasteiger partial charge in [-0.05, 0) is 42.5 Å². The number of fused-ring (bicyclic) bond motifs is 2. The zero-order valence-electron chi connectivity index (χ0n) is 18.7. The van der Waals surface area contributed by atoms with Gasteiger partial charge in [-0.15, -0.1) is 10.2 Å². The molecule has 2 amide bonds. The summed E-state index contributed by atoms with van der Waals surface area (Å²) in [6, 6.07) is 1.11. The highest BCUT2D eigenvalue weighted by molar-refractivity contribution is 5.92. The minimum atomic E-state index is -4.92. The summed E-state index contributed by atoms with van der Waals surface area (Å²) in [4.78, 5) is 18.4. The molecule has 184 valence electrons. The van der Waals surface area contributed by atoms with Crippen molar-refractivity contribution in [3.05, 3.63) is 59.6 Å². The number of nitrogens with one attached hydrogen (secondary N) is 1. The molecular formula is C23H20F5N5O2. The molecule has 7 nitrogen and oxygen atoms in total. The van der Waals surface area contributed by atoms with Crippen molar-refractivity contribution < 1.29 is 31.2 Å². The number of piperidine rings is 1. The number of amides is 2. The number of hydrogen-bond acceptors (Lipinski definition) is 5. The molecule has 0 radical (unpaired) electrons. The molecule has 1 aromatic carbocycles. The zero-order valence-corrected chi connectivity index (χ0v) is 18.7. The molecule has 12 heteroatoms. The summed E-state index contributed by atoms with van der Waals surface area (Å²) < 4.78 is 75.0. The Morgan fingerprint density at radius 3 is 2.60 bits per heavy atom. The van der Waals surface area contributed by atoms with Crippen LogP contribution in [0.2, 0.25) is 0 Å². The molecule has 2 bridgehead atoms. The predicted molar refractivity (Wildman–Crippen MR) is 113 cm³/mol. The molecule has 0 spiro atoms. The molecule has 1 saturated carbocycles. The third-order valence-corrected chi connectivity index (χ3v) is 6.57. The monoisotopic (exact) mass is 493 g/mol. The minimum Gasteiger partial charge on any atom is -0.423 e. The molecule has 2 aromatic heterocycles. The van der Waals surface area contributed by atoms with Crippen molar-refractivity contribution in [1.82, 2.24) is 20.1 Å². The summed E-state index contributed by atoms with van der Waals surface area (Å²) in [7, 11) is 0. The number of rotatable bonds is 3. The van der Waals surface area contributed by atoms with E-state index in [4.69, 9.17) is 4.42 Å². The second-order valence-electron chi connectivity index (χ2n) is 9.13. The Morgan fingerprint density at radius 1 is 1.17 bits per heavy atom. The van der Waals surface area contributed by atoms with Crippen LogP contribution >= 0.6 is 0 Å². The molecule has 2 aliphatic rings. The molecular weight excluding hydrogens is 473 g/mol. The number of benzene rings is 1. The van der Waals surface area contributed by atoms with E-state index in [-0.39, 0.29) is 29.5 Å². The number of alkyl halides is 3. The van der Waals surface area contributed by atoms with Crippen LogP contribution in [0.1, 0.15) is 43.5 Å². The third-order valence-electron chi connectivity index (χ3n) is 6.57. The van der Waals surface area contributed by atoms with Gasteiger partial charge in [0.2, 0.25) is 11.8 Å². The molecule has 3 heterocycles. The average molecular weight is 493 g/mol. The van der Waals surface area contributed by atoms with Crippen molar-refractivity contribution in [2.45, 2.75) is 50.9 Å². The molecule has 1 saturated heterocycles. The van der Waals surface area contributed by atoms with Gasteiger partial charge in [-0.1, -0.05) is 6.92 Å². The summed E-state index contributed by atoms with van der Waals surface area (Å²) in [5.41, 5.74) is -3.38. The van der Waals surface area contributed by atoms with Gasteiger partial charge in [0.05, 0.1) is 17.4 Å². The fraction of sp³-hybridized carbons (Fsp3) is 0.391. The molecule has 1 N–H and O–H groups in total. The van der Waals surface area contributed by atoms with Gasteiger partial charge in [0.15, 0.2) is 0 Å². The Hall–Kier alpha value is -3.57. The fourth-order valence-corrected chi connectivity index (χ4v) is 5.31. The topological polar surface area (TPSA) is 84.2 Å². The number of likely N-dealkylation sites (tertiary alicyclic amines) is 1. The van der Waals surface area contributed by atoms with Crippen molar-refractivity contribution in [2.75, 3.05) is 5.32 Å². The number of aryl methyl sites for hydroxylation is 1. The maximum absolute atomic E-state index is 14.8. The van der Waals surface area contributed by atoms with Gasteiger partial charge in [0, 0.05) is 31.1 Å². The number of hydrogen-bond donors (Lipinski definition) is 1. The van der Waals surface area contributed by atoms with E-state index >= 15 is 0 Å². The number of urea groups is 1. The quantitative estimate of drug-likeness (QED) is 0.476. The highest BCUT2D eigenvalue weighted by Gasteiger charge is 2.62. The van der Waals surface area contributed by atoms with Crippen LogP contribution in [-0.2, 0) is 11.7 Å². The molecule has 35 heavy (non-hydrogen) atoms. The smallest absolute Gasteiger partial charge is 0.417 e. The molecule has 3 aromatic rings. The van der Waals surface area contributed by atoms with Gasteiger partial charge in [-0.25, -0.2) is 13.6 Å². The standard InChI is InChI=1S/C23H20F5N5O2/c1-11-3-15-8-22(7-11,20-32-31-12(2)35-20)33(15)21(34)30-19-5-16(13-4-14(24)10-29-9-13)17(6-18(19)25)23(26,27)28/h4-6,9-11,15H,3,7-8H2,1-2H3,(H,30,34)/t11-,15-,22+/m1/s1. The normalized spacial score (nSPS) is 23.7. The molecule has 0 unspecified atom stereocenters. The van der Waals surface area contributed by atoms with Crippen molar-refractivity contribution in [1.29, 1.82) is 0 Å². The Balaban J connectivity index is 1.51. The van der Waals surface area contributed by atoms with Crippen LogP contribution in [0.15, 0.2) is 35.0 Å². The number of aromatic nitrogens is 3. The first kappa shape index (κ1) is 23.2. The summed E-state index contributed by atoms with van der Waals surface area (Å²) in [5, 5.41) is 10.3. The van der Waals surface area contributed by atoms with Gasteiger partial charge < -0.3 is 14.6 Å². The highest BCUT2D eigenvalue weighted by atomic mass is 19.4. The Kier molecular flexibility index (Phi) is 5.29. The van der Waals surface area contributed by atoms with E-state index in [0.717, 1.165) is 24.5 Å². The van der Waals surface area contributed by atoms with Crippen LogP contribution in [0.25, 0.3) is 11.1 Å². The second kappa shape index (κ2) is 7.99. The largest absolute Gasteiger partial charge is 0.423 e.